The third-order valence-electron chi connectivity index (χ3n) is 4.96. The van der Waals surface area contributed by atoms with Crippen LogP contribution in [0.5, 0.6) is 0 Å². The van der Waals surface area contributed by atoms with Gasteiger partial charge in [-0.1, -0.05) is 18.2 Å². The first-order chi connectivity index (χ1) is 11.3. The van der Waals surface area contributed by atoms with Crippen molar-refractivity contribution in [2.45, 2.75) is 6.42 Å². The van der Waals surface area contributed by atoms with Gasteiger partial charge in [0.25, 0.3) is 5.91 Å². The van der Waals surface area contributed by atoms with Gasteiger partial charge in [0.15, 0.2) is 0 Å². The van der Waals surface area contributed by atoms with Crippen molar-refractivity contribution in [3.05, 3.63) is 36.0 Å². The lowest BCUT2D eigenvalue weighted by atomic mass is 10.1. The quantitative estimate of drug-likeness (QED) is 0.942. The van der Waals surface area contributed by atoms with E-state index in [-0.39, 0.29) is 5.91 Å². The zero-order chi connectivity index (χ0) is 15.6. The van der Waals surface area contributed by atoms with Crippen molar-refractivity contribution in [3.8, 4) is 0 Å². The van der Waals surface area contributed by atoms with Crippen molar-refractivity contribution >= 4 is 16.8 Å². The predicted octanol–water partition coefficient (Wildman–Crippen LogP) is 1.96. The number of fused-ring (bicyclic) bond motifs is 1. The number of aromatic amines is 1. The maximum atomic E-state index is 12.7. The summed E-state index contributed by atoms with van der Waals surface area (Å²) in [6.45, 7) is 6.45. The van der Waals surface area contributed by atoms with Gasteiger partial charge < -0.3 is 14.6 Å². The maximum Gasteiger partial charge on any atom is 0.270 e. The topological polar surface area (TPSA) is 48.6 Å². The number of H-pyrrole nitrogens is 1. The van der Waals surface area contributed by atoms with Crippen molar-refractivity contribution in [1.82, 2.24) is 14.8 Å². The molecule has 1 aromatic carbocycles. The number of carbonyl (C=O) groups is 1. The molecule has 1 aromatic heterocycles. The van der Waals surface area contributed by atoms with E-state index in [0.717, 1.165) is 56.8 Å². The summed E-state index contributed by atoms with van der Waals surface area (Å²) >= 11 is 0. The molecule has 1 atom stereocenters. The molecule has 1 N–H and O–H groups in total. The summed E-state index contributed by atoms with van der Waals surface area (Å²) in [5.41, 5.74) is 1.72. The van der Waals surface area contributed by atoms with E-state index < -0.39 is 0 Å². The molecule has 0 radical (unpaired) electrons. The highest BCUT2D eigenvalue weighted by molar-refractivity contribution is 5.98. The van der Waals surface area contributed by atoms with Gasteiger partial charge in [-0.2, -0.15) is 0 Å². The minimum absolute atomic E-state index is 0.116. The third-order valence-corrected chi connectivity index (χ3v) is 4.96. The molecule has 0 spiro atoms. The van der Waals surface area contributed by atoms with Crippen LogP contribution in [0.4, 0.5) is 0 Å². The molecule has 122 valence electrons. The lowest BCUT2D eigenvalue weighted by Gasteiger charge is -2.35. The van der Waals surface area contributed by atoms with Crippen LogP contribution in [0.3, 0.4) is 0 Å². The Kier molecular flexibility index (Phi) is 4.06. The highest BCUT2D eigenvalue weighted by Crippen LogP contribution is 2.18. The molecule has 0 saturated carbocycles. The van der Waals surface area contributed by atoms with Gasteiger partial charge in [0, 0.05) is 50.2 Å². The number of aromatic nitrogens is 1. The van der Waals surface area contributed by atoms with Gasteiger partial charge in [-0.15, -0.1) is 0 Å². The van der Waals surface area contributed by atoms with Crippen LogP contribution in [-0.4, -0.2) is 66.6 Å². The Bertz CT molecular complexity index is 649. The number of hydrogen-bond acceptors (Lipinski definition) is 3. The lowest BCUT2D eigenvalue weighted by Crippen LogP contribution is -2.49. The van der Waals surface area contributed by atoms with Crippen LogP contribution in [0.25, 0.3) is 10.9 Å². The molecule has 2 aliphatic heterocycles. The fourth-order valence-corrected chi connectivity index (χ4v) is 3.58. The summed E-state index contributed by atoms with van der Waals surface area (Å²) in [5, 5.41) is 1.09. The van der Waals surface area contributed by atoms with Gasteiger partial charge >= 0.3 is 0 Å². The summed E-state index contributed by atoms with van der Waals surface area (Å²) in [6, 6.07) is 9.98. The van der Waals surface area contributed by atoms with Crippen LogP contribution in [0.1, 0.15) is 16.9 Å². The van der Waals surface area contributed by atoms with Gasteiger partial charge in [0.2, 0.25) is 0 Å². The highest BCUT2D eigenvalue weighted by atomic mass is 16.5. The van der Waals surface area contributed by atoms with E-state index in [1.807, 2.05) is 35.2 Å². The number of benzene rings is 1. The maximum absolute atomic E-state index is 12.7. The molecule has 5 nitrogen and oxygen atoms in total. The Morgan fingerprint density at radius 2 is 2.04 bits per heavy atom. The standard InChI is InChI=1S/C18H23N3O2/c22-18(17-11-15-3-1-2-4-16(15)19-17)21-8-6-20(7-9-21)12-14-5-10-23-13-14/h1-4,11,14,19H,5-10,12-13H2. The second-order valence-corrected chi connectivity index (χ2v) is 6.59. The highest BCUT2D eigenvalue weighted by Gasteiger charge is 2.25. The van der Waals surface area contributed by atoms with Crippen LogP contribution in [-0.2, 0) is 4.74 Å². The summed E-state index contributed by atoms with van der Waals surface area (Å²) in [4.78, 5) is 20.3. The molecule has 23 heavy (non-hydrogen) atoms. The van der Waals surface area contributed by atoms with Crippen LogP contribution in [0.15, 0.2) is 30.3 Å². The summed E-state index contributed by atoms with van der Waals surface area (Å²) < 4.78 is 5.45. The van der Waals surface area contributed by atoms with E-state index in [1.165, 1.54) is 6.42 Å². The lowest BCUT2D eigenvalue weighted by molar-refractivity contribution is 0.0606. The molecule has 2 saturated heterocycles. The van der Waals surface area contributed by atoms with Crippen molar-refractivity contribution in [2.24, 2.45) is 5.92 Å². The van der Waals surface area contributed by atoms with Crippen molar-refractivity contribution < 1.29 is 9.53 Å². The molecule has 4 rings (SSSR count). The van der Waals surface area contributed by atoms with Gasteiger partial charge in [0.05, 0.1) is 6.61 Å². The molecule has 1 unspecified atom stereocenters. The van der Waals surface area contributed by atoms with Gasteiger partial charge in [0.1, 0.15) is 5.69 Å². The van der Waals surface area contributed by atoms with Gasteiger partial charge in [-0.3, -0.25) is 9.69 Å². The van der Waals surface area contributed by atoms with E-state index in [4.69, 9.17) is 4.74 Å². The molecule has 0 aliphatic carbocycles. The molecular formula is C18H23N3O2. The SMILES string of the molecule is O=C(c1cc2ccccc2[nH]1)N1CCN(CC2CCOC2)CC1. The first-order valence-electron chi connectivity index (χ1n) is 8.47. The Hall–Kier alpha value is -1.85. The van der Waals surface area contributed by atoms with Crippen LogP contribution >= 0.6 is 0 Å². The Balaban J connectivity index is 1.36. The van der Waals surface area contributed by atoms with E-state index in [2.05, 4.69) is 9.88 Å². The number of hydrogen-bond donors (Lipinski definition) is 1. The Morgan fingerprint density at radius 1 is 1.22 bits per heavy atom. The number of carbonyl (C=O) groups excluding carboxylic acids is 1. The Morgan fingerprint density at radius 3 is 2.78 bits per heavy atom. The van der Waals surface area contributed by atoms with E-state index in [0.29, 0.717) is 11.6 Å². The van der Waals surface area contributed by atoms with E-state index in [1.54, 1.807) is 0 Å². The second-order valence-electron chi connectivity index (χ2n) is 6.59. The zero-order valence-corrected chi connectivity index (χ0v) is 13.3. The summed E-state index contributed by atoms with van der Waals surface area (Å²) in [7, 11) is 0. The number of piperazine rings is 1. The summed E-state index contributed by atoms with van der Waals surface area (Å²) in [5.74, 6) is 0.788. The molecule has 1 amide bonds. The average Bonchev–Trinajstić information content (AvgIpc) is 3.24. The third kappa shape index (κ3) is 3.12. The minimum Gasteiger partial charge on any atom is -0.381 e. The predicted molar refractivity (Wildman–Crippen MR) is 89.6 cm³/mol. The molecular weight excluding hydrogens is 290 g/mol. The average molecular weight is 313 g/mol. The molecule has 0 bridgehead atoms. The number of ether oxygens (including phenoxy) is 1. The number of amides is 1. The monoisotopic (exact) mass is 313 g/mol. The van der Waals surface area contributed by atoms with Gasteiger partial charge in [-0.25, -0.2) is 0 Å². The smallest absolute Gasteiger partial charge is 0.270 e. The number of nitrogens with one attached hydrogen (secondary N) is 1. The van der Waals surface area contributed by atoms with Crippen molar-refractivity contribution in [3.63, 3.8) is 0 Å². The summed E-state index contributed by atoms with van der Waals surface area (Å²) in [6.07, 6.45) is 1.17. The normalized spacial score (nSPS) is 22.8. The molecule has 3 heterocycles. The van der Waals surface area contributed by atoms with Gasteiger partial charge in [-0.05, 0) is 24.5 Å². The number of para-hydroxylation sites is 1. The largest absolute Gasteiger partial charge is 0.381 e. The molecule has 2 aromatic rings. The fraction of sp³-hybridized carbons (Fsp3) is 0.500. The fourth-order valence-electron chi connectivity index (χ4n) is 3.58. The number of rotatable bonds is 3. The zero-order valence-electron chi connectivity index (χ0n) is 13.3. The van der Waals surface area contributed by atoms with Crippen LogP contribution < -0.4 is 0 Å². The van der Waals surface area contributed by atoms with Crippen molar-refractivity contribution in [1.29, 1.82) is 0 Å². The first-order valence-corrected chi connectivity index (χ1v) is 8.47. The molecule has 5 heteroatoms. The van der Waals surface area contributed by atoms with E-state index in [9.17, 15) is 4.79 Å². The minimum atomic E-state index is 0.116. The second kappa shape index (κ2) is 6.34. The van der Waals surface area contributed by atoms with Crippen LogP contribution in [0.2, 0.25) is 0 Å². The number of nitrogens with zero attached hydrogens (tertiary/aromatic N) is 2. The first kappa shape index (κ1) is 14.7. The van der Waals surface area contributed by atoms with Crippen LogP contribution in [0, 0.1) is 5.92 Å². The molecule has 2 aliphatic rings. The molecule has 2 fully saturated rings. The Labute approximate surface area is 136 Å². The van der Waals surface area contributed by atoms with E-state index >= 15 is 0 Å². The van der Waals surface area contributed by atoms with Crippen molar-refractivity contribution in [2.75, 3.05) is 45.9 Å².